The molecule has 1 heterocycles. The van der Waals surface area contributed by atoms with Gasteiger partial charge in [0.15, 0.2) is 9.84 Å². The van der Waals surface area contributed by atoms with Crippen LogP contribution >= 0.6 is 0 Å². The number of hydrogen-bond acceptors (Lipinski definition) is 4. The predicted octanol–water partition coefficient (Wildman–Crippen LogP) is 6.03. The van der Waals surface area contributed by atoms with Gasteiger partial charge in [-0.05, 0) is 59.5 Å². The number of nitrogens with zero attached hydrogens (tertiary/aromatic N) is 2. The summed E-state index contributed by atoms with van der Waals surface area (Å²) in [5.74, 6) is 0.725. The summed E-state index contributed by atoms with van der Waals surface area (Å²) in [4.78, 5) is 17.9. The van der Waals surface area contributed by atoms with E-state index in [1.54, 1.807) is 31.2 Å². The number of benzene rings is 3. The molecule has 0 unspecified atom stereocenters. The number of fused-ring (bicyclic) bond motifs is 1. The second-order valence-corrected chi connectivity index (χ2v) is 12.1. The Morgan fingerprint density at radius 1 is 0.974 bits per heavy atom. The highest BCUT2D eigenvalue weighted by Gasteiger charge is 2.30. The van der Waals surface area contributed by atoms with E-state index >= 15 is 0 Å². The average molecular weight is 558 g/mol. The van der Waals surface area contributed by atoms with Gasteiger partial charge in [0.2, 0.25) is 0 Å². The van der Waals surface area contributed by atoms with Gasteiger partial charge in [0.1, 0.15) is 5.82 Å². The highest BCUT2D eigenvalue weighted by Crippen LogP contribution is 2.30. The van der Waals surface area contributed by atoms with Crippen LogP contribution in [0.2, 0.25) is 0 Å². The van der Waals surface area contributed by atoms with Crippen molar-refractivity contribution in [3.05, 3.63) is 94.8 Å². The highest BCUT2D eigenvalue weighted by atomic mass is 32.2. The van der Waals surface area contributed by atoms with Crippen LogP contribution in [-0.4, -0.2) is 29.6 Å². The third kappa shape index (κ3) is 6.68. The predicted molar refractivity (Wildman–Crippen MR) is 144 cm³/mol. The molecule has 1 N–H and O–H groups in total. The Hall–Kier alpha value is -3.66. The van der Waals surface area contributed by atoms with E-state index < -0.39 is 21.6 Å². The van der Waals surface area contributed by atoms with Gasteiger partial charge in [-0.3, -0.25) is 4.79 Å². The summed E-state index contributed by atoms with van der Waals surface area (Å²) in [5, 5.41) is 2.85. The number of amides is 1. The van der Waals surface area contributed by atoms with Crippen molar-refractivity contribution >= 4 is 26.8 Å². The summed E-state index contributed by atoms with van der Waals surface area (Å²) in [6, 6.07) is 16.7. The Balaban J connectivity index is 1.53. The molecule has 4 aromatic rings. The minimum atomic E-state index is -4.39. The molecule has 3 aromatic carbocycles. The van der Waals surface area contributed by atoms with Crippen molar-refractivity contribution in [3.63, 3.8) is 0 Å². The minimum absolute atomic E-state index is 0.0184. The number of hydrogen-bond donors (Lipinski definition) is 1. The molecule has 10 heteroatoms. The first-order valence-electron chi connectivity index (χ1n) is 12.6. The van der Waals surface area contributed by atoms with Crippen LogP contribution < -0.4 is 5.32 Å². The smallest absolute Gasteiger partial charge is 0.348 e. The lowest BCUT2D eigenvalue weighted by molar-refractivity contribution is -0.137. The average Bonchev–Trinajstić information content (AvgIpc) is 3.22. The zero-order valence-corrected chi connectivity index (χ0v) is 22.7. The van der Waals surface area contributed by atoms with Gasteiger partial charge < -0.3 is 9.88 Å². The molecular formula is C29H30F3N3O3S. The second kappa shape index (κ2) is 11.2. The fourth-order valence-corrected chi connectivity index (χ4v) is 5.17. The standard InChI is InChI=1S/C29H30F3N3O3S/c1-4-39(37,38)24-12-7-21(8-13-24)17-33-28(36)22-9-14-26-25(16-22)34-27(35(26)18-19(2)3)15-20-5-10-23(11-6-20)29(30,31)32/h5-14,16,19H,4,15,17-18H2,1-3H3,(H,33,36). The van der Waals surface area contributed by atoms with E-state index in [1.165, 1.54) is 24.3 Å². The first-order chi connectivity index (χ1) is 18.4. The van der Waals surface area contributed by atoms with Crippen LogP contribution in [0.25, 0.3) is 11.0 Å². The van der Waals surface area contributed by atoms with Crippen LogP contribution in [0.4, 0.5) is 13.2 Å². The number of carbonyl (C=O) groups is 1. The Bertz CT molecular complexity index is 1570. The number of halogens is 3. The Morgan fingerprint density at radius 3 is 2.21 bits per heavy atom. The van der Waals surface area contributed by atoms with E-state index in [9.17, 15) is 26.4 Å². The molecule has 0 saturated heterocycles. The van der Waals surface area contributed by atoms with Crippen molar-refractivity contribution in [2.45, 2.75) is 51.4 Å². The Kier molecular flexibility index (Phi) is 8.15. The lowest BCUT2D eigenvalue weighted by atomic mass is 10.1. The maximum Gasteiger partial charge on any atom is 0.416 e. The highest BCUT2D eigenvalue weighted by molar-refractivity contribution is 7.91. The minimum Gasteiger partial charge on any atom is -0.348 e. The van der Waals surface area contributed by atoms with Crippen LogP contribution in [0, 0.1) is 5.92 Å². The number of rotatable bonds is 9. The molecule has 39 heavy (non-hydrogen) atoms. The summed E-state index contributed by atoms with van der Waals surface area (Å²) < 4.78 is 64.9. The third-order valence-corrected chi connectivity index (χ3v) is 8.15. The molecule has 0 saturated carbocycles. The summed E-state index contributed by atoms with van der Waals surface area (Å²) in [6.45, 7) is 6.62. The molecule has 0 aliphatic rings. The first kappa shape index (κ1) is 28.4. The van der Waals surface area contributed by atoms with Gasteiger partial charge in [0.25, 0.3) is 5.91 Å². The topological polar surface area (TPSA) is 81.1 Å². The Labute approximate surface area is 225 Å². The molecule has 1 aromatic heterocycles. The number of carbonyl (C=O) groups excluding carboxylic acids is 1. The van der Waals surface area contributed by atoms with E-state index in [2.05, 4.69) is 19.2 Å². The normalized spacial score (nSPS) is 12.3. The van der Waals surface area contributed by atoms with Gasteiger partial charge in [0.05, 0.1) is 27.2 Å². The van der Waals surface area contributed by atoms with Crippen LogP contribution in [0.15, 0.2) is 71.6 Å². The number of imidazole rings is 1. The molecule has 0 bridgehead atoms. The van der Waals surface area contributed by atoms with Gasteiger partial charge in [-0.1, -0.05) is 45.0 Å². The number of nitrogens with one attached hydrogen (secondary N) is 1. The van der Waals surface area contributed by atoms with E-state index in [-0.39, 0.29) is 23.1 Å². The quantitative estimate of drug-likeness (QED) is 0.273. The number of alkyl halides is 3. The maximum absolute atomic E-state index is 12.9. The van der Waals surface area contributed by atoms with Crippen LogP contribution in [0.1, 0.15) is 53.6 Å². The van der Waals surface area contributed by atoms with E-state index in [0.717, 1.165) is 23.2 Å². The van der Waals surface area contributed by atoms with E-state index in [0.29, 0.717) is 41.4 Å². The summed E-state index contributed by atoms with van der Waals surface area (Å²) in [5.41, 5.74) is 2.66. The van der Waals surface area contributed by atoms with E-state index in [4.69, 9.17) is 4.98 Å². The lowest BCUT2D eigenvalue weighted by Gasteiger charge is -2.13. The molecular weight excluding hydrogens is 527 g/mol. The van der Waals surface area contributed by atoms with Gasteiger partial charge in [-0.25, -0.2) is 13.4 Å². The fourth-order valence-electron chi connectivity index (χ4n) is 4.28. The summed E-state index contributed by atoms with van der Waals surface area (Å²) in [7, 11) is -3.29. The van der Waals surface area contributed by atoms with Crippen LogP contribution in [-0.2, 0) is 35.5 Å². The maximum atomic E-state index is 12.9. The van der Waals surface area contributed by atoms with E-state index in [1.807, 2.05) is 10.6 Å². The molecule has 0 radical (unpaired) electrons. The first-order valence-corrected chi connectivity index (χ1v) is 14.3. The molecule has 0 atom stereocenters. The molecule has 206 valence electrons. The lowest BCUT2D eigenvalue weighted by Crippen LogP contribution is -2.22. The van der Waals surface area contributed by atoms with Crippen LogP contribution in [0.5, 0.6) is 0 Å². The Morgan fingerprint density at radius 2 is 1.62 bits per heavy atom. The van der Waals surface area contributed by atoms with Gasteiger partial charge in [0, 0.05) is 25.1 Å². The van der Waals surface area contributed by atoms with Crippen LogP contribution in [0.3, 0.4) is 0 Å². The molecule has 0 spiro atoms. The van der Waals surface area contributed by atoms with Gasteiger partial charge >= 0.3 is 6.18 Å². The number of sulfone groups is 1. The molecule has 0 fully saturated rings. The monoisotopic (exact) mass is 557 g/mol. The van der Waals surface area contributed by atoms with Crippen molar-refractivity contribution in [3.8, 4) is 0 Å². The molecule has 6 nitrogen and oxygen atoms in total. The largest absolute Gasteiger partial charge is 0.416 e. The zero-order valence-electron chi connectivity index (χ0n) is 21.9. The molecule has 4 rings (SSSR count). The van der Waals surface area contributed by atoms with Gasteiger partial charge in [-0.15, -0.1) is 0 Å². The fraction of sp³-hybridized carbons (Fsp3) is 0.310. The number of aromatic nitrogens is 2. The van der Waals surface area contributed by atoms with Gasteiger partial charge in [-0.2, -0.15) is 13.2 Å². The molecule has 0 aliphatic heterocycles. The second-order valence-electron chi connectivity index (χ2n) is 9.84. The summed E-state index contributed by atoms with van der Waals surface area (Å²) in [6.07, 6.45) is -4.04. The zero-order chi connectivity index (χ0) is 28.4. The van der Waals surface area contributed by atoms with Crippen molar-refractivity contribution in [2.75, 3.05) is 5.75 Å². The third-order valence-electron chi connectivity index (χ3n) is 6.40. The SMILES string of the molecule is CCS(=O)(=O)c1ccc(CNC(=O)c2ccc3c(c2)nc(Cc2ccc(C(F)(F)F)cc2)n3CC(C)C)cc1. The van der Waals surface area contributed by atoms with Crippen molar-refractivity contribution in [1.82, 2.24) is 14.9 Å². The molecule has 1 amide bonds. The van der Waals surface area contributed by atoms with Crippen molar-refractivity contribution < 1.29 is 26.4 Å². The van der Waals surface area contributed by atoms with Crippen molar-refractivity contribution in [2.24, 2.45) is 5.92 Å². The summed E-state index contributed by atoms with van der Waals surface area (Å²) >= 11 is 0. The molecule has 0 aliphatic carbocycles. The van der Waals surface area contributed by atoms with Crippen molar-refractivity contribution in [1.29, 1.82) is 0 Å².